The second-order valence-electron chi connectivity index (χ2n) is 5.53. The number of rotatable bonds is 10. The van der Waals surface area contributed by atoms with Crippen molar-refractivity contribution in [1.29, 1.82) is 0 Å². The molecule has 0 saturated carbocycles. The van der Waals surface area contributed by atoms with Gasteiger partial charge in [0, 0.05) is 18.8 Å². The van der Waals surface area contributed by atoms with Gasteiger partial charge in [0.1, 0.15) is 0 Å². The summed E-state index contributed by atoms with van der Waals surface area (Å²) in [5.74, 6) is 0.503. The maximum absolute atomic E-state index is 11.3. The second kappa shape index (κ2) is 8.09. The predicted molar refractivity (Wildman–Crippen MR) is 75.1 cm³/mol. The van der Waals surface area contributed by atoms with Crippen LogP contribution in [-0.4, -0.2) is 33.0 Å². The van der Waals surface area contributed by atoms with E-state index in [1.165, 1.54) is 25.7 Å². The van der Waals surface area contributed by atoms with Crippen molar-refractivity contribution < 1.29 is 8.42 Å². The molecule has 0 saturated heterocycles. The summed E-state index contributed by atoms with van der Waals surface area (Å²) >= 11 is 0. The molecule has 0 aromatic carbocycles. The van der Waals surface area contributed by atoms with Crippen molar-refractivity contribution in [1.82, 2.24) is 5.32 Å². The highest BCUT2D eigenvalue weighted by atomic mass is 32.2. The maximum Gasteiger partial charge on any atom is 0.151 e. The lowest BCUT2D eigenvalue weighted by Gasteiger charge is -2.25. The van der Waals surface area contributed by atoms with Crippen molar-refractivity contribution in [2.24, 2.45) is 5.41 Å². The Labute approximate surface area is 107 Å². The van der Waals surface area contributed by atoms with E-state index in [4.69, 9.17) is 0 Å². The number of hydrogen-bond donors (Lipinski definition) is 1. The number of sulfone groups is 1. The summed E-state index contributed by atoms with van der Waals surface area (Å²) in [6, 6.07) is 0. The fraction of sp³-hybridized carbons (Fsp3) is 1.00. The van der Waals surface area contributed by atoms with Crippen molar-refractivity contribution >= 4 is 9.84 Å². The molecule has 17 heavy (non-hydrogen) atoms. The van der Waals surface area contributed by atoms with Gasteiger partial charge in [0.2, 0.25) is 0 Å². The molecular weight excluding hydrogens is 234 g/mol. The van der Waals surface area contributed by atoms with Gasteiger partial charge in [0.15, 0.2) is 9.84 Å². The van der Waals surface area contributed by atoms with E-state index < -0.39 is 9.84 Å². The minimum atomic E-state index is -2.82. The molecule has 3 nitrogen and oxygen atoms in total. The van der Waals surface area contributed by atoms with Crippen LogP contribution in [0.25, 0.3) is 0 Å². The fourth-order valence-corrected chi connectivity index (χ4v) is 2.48. The lowest BCUT2D eigenvalue weighted by molar-refractivity contribution is 0.305. The van der Waals surface area contributed by atoms with Crippen LogP contribution >= 0.6 is 0 Å². The normalized spacial score (nSPS) is 12.9. The highest BCUT2D eigenvalue weighted by Crippen LogP contribution is 2.22. The maximum atomic E-state index is 11.3. The molecule has 0 aliphatic rings. The largest absolute Gasteiger partial charge is 0.315 e. The topological polar surface area (TPSA) is 46.2 Å². The van der Waals surface area contributed by atoms with Crippen LogP contribution in [0.15, 0.2) is 0 Å². The molecule has 1 N–H and O–H groups in total. The summed E-state index contributed by atoms with van der Waals surface area (Å²) in [4.78, 5) is 0. The number of unbranched alkanes of at least 4 members (excludes halogenated alkanes) is 2. The molecule has 0 aliphatic heterocycles. The van der Waals surface area contributed by atoms with E-state index in [-0.39, 0.29) is 16.9 Å². The zero-order valence-electron chi connectivity index (χ0n) is 11.9. The molecule has 0 rings (SSSR count). The Hall–Kier alpha value is -0.0900. The van der Waals surface area contributed by atoms with Gasteiger partial charge in [-0.2, -0.15) is 0 Å². The molecule has 0 bridgehead atoms. The minimum absolute atomic E-state index is 0.245. The SMILES string of the molecule is CCCCCC(C)(C)CNCCS(=O)(=O)CC. The Balaban J connectivity index is 3.72. The van der Waals surface area contributed by atoms with Crippen LogP contribution in [0.3, 0.4) is 0 Å². The van der Waals surface area contributed by atoms with Gasteiger partial charge < -0.3 is 5.32 Å². The standard InChI is InChI=1S/C13H29NO2S/c1-5-7-8-9-13(3,4)12-14-10-11-17(15,16)6-2/h14H,5-12H2,1-4H3. The van der Waals surface area contributed by atoms with Gasteiger partial charge in [-0.05, 0) is 11.8 Å². The first-order chi connectivity index (χ1) is 7.83. The van der Waals surface area contributed by atoms with Gasteiger partial charge in [0.25, 0.3) is 0 Å². The summed E-state index contributed by atoms with van der Waals surface area (Å²) in [6.07, 6.45) is 5.00. The molecule has 0 heterocycles. The van der Waals surface area contributed by atoms with Crippen LogP contribution in [0.4, 0.5) is 0 Å². The van der Waals surface area contributed by atoms with Gasteiger partial charge in [-0.25, -0.2) is 8.42 Å². The lowest BCUT2D eigenvalue weighted by atomic mass is 9.87. The molecule has 0 aromatic heterocycles. The van der Waals surface area contributed by atoms with Crippen LogP contribution < -0.4 is 5.32 Å². The zero-order chi connectivity index (χ0) is 13.4. The smallest absolute Gasteiger partial charge is 0.151 e. The minimum Gasteiger partial charge on any atom is -0.315 e. The molecule has 4 heteroatoms. The summed E-state index contributed by atoms with van der Waals surface area (Å²) in [6.45, 7) is 9.86. The first-order valence-electron chi connectivity index (χ1n) is 6.74. The monoisotopic (exact) mass is 263 g/mol. The van der Waals surface area contributed by atoms with E-state index >= 15 is 0 Å². The third-order valence-corrected chi connectivity index (χ3v) is 4.80. The van der Waals surface area contributed by atoms with Crippen molar-refractivity contribution in [2.75, 3.05) is 24.6 Å². The summed E-state index contributed by atoms with van der Waals surface area (Å²) in [7, 11) is -2.82. The fourth-order valence-electron chi connectivity index (χ4n) is 1.74. The van der Waals surface area contributed by atoms with E-state index in [1.807, 2.05) is 0 Å². The molecule has 104 valence electrons. The molecule has 0 radical (unpaired) electrons. The molecule has 0 aliphatic carbocycles. The Morgan fingerprint density at radius 1 is 1.12 bits per heavy atom. The average Bonchev–Trinajstić information content (AvgIpc) is 2.25. The Bertz CT molecular complexity index is 284. The molecule has 0 amide bonds. The highest BCUT2D eigenvalue weighted by molar-refractivity contribution is 7.91. The molecule has 0 atom stereocenters. The summed E-state index contributed by atoms with van der Waals surface area (Å²) in [5.41, 5.74) is 0.269. The first kappa shape index (κ1) is 16.9. The van der Waals surface area contributed by atoms with Crippen molar-refractivity contribution in [3.8, 4) is 0 Å². The molecule has 0 aromatic rings. The van der Waals surface area contributed by atoms with Gasteiger partial charge in [-0.15, -0.1) is 0 Å². The van der Waals surface area contributed by atoms with E-state index in [2.05, 4.69) is 26.1 Å². The van der Waals surface area contributed by atoms with E-state index in [0.717, 1.165) is 6.54 Å². The summed E-state index contributed by atoms with van der Waals surface area (Å²) < 4.78 is 22.6. The first-order valence-corrected chi connectivity index (χ1v) is 8.56. The van der Waals surface area contributed by atoms with Crippen LogP contribution in [0, 0.1) is 5.41 Å². The third kappa shape index (κ3) is 9.60. The quantitative estimate of drug-likeness (QED) is 0.616. The molecule has 0 unspecified atom stereocenters. The van der Waals surface area contributed by atoms with Crippen LogP contribution in [0.5, 0.6) is 0 Å². The highest BCUT2D eigenvalue weighted by Gasteiger charge is 2.17. The van der Waals surface area contributed by atoms with Gasteiger partial charge >= 0.3 is 0 Å². The van der Waals surface area contributed by atoms with Gasteiger partial charge in [-0.1, -0.05) is 47.0 Å². The van der Waals surface area contributed by atoms with Gasteiger partial charge in [-0.3, -0.25) is 0 Å². The summed E-state index contributed by atoms with van der Waals surface area (Å²) in [5, 5.41) is 3.26. The van der Waals surface area contributed by atoms with E-state index in [0.29, 0.717) is 6.54 Å². The Kier molecular flexibility index (Phi) is 8.05. The van der Waals surface area contributed by atoms with Crippen molar-refractivity contribution in [3.63, 3.8) is 0 Å². The van der Waals surface area contributed by atoms with Crippen LogP contribution in [0.1, 0.15) is 53.4 Å². The predicted octanol–water partition coefficient (Wildman–Crippen LogP) is 2.62. The zero-order valence-corrected chi connectivity index (χ0v) is 12.7. The Morgan fingerprint density at radius 3 is 2.29 bits per heavy atom. The number of hydrogen-bond acceptors (Lipinski definition) is 3. The molecule has 0 fully saturated rings. The molecular formula is C13H29NO2S. The van der Waals surface area contributed by atoms with Crippen molar-refractivity contribution in [3.05, 3.63) is 0 Å². The third-order valence-electron chi connectivity index (χ3n) is 3.09. The average molecular weight is 263 g/mol. The Morgan fingerprint density at radius 2 is 1.76 bits per heavy atom. The van der Waals surface area contributed by atoms with Crippen molar-refractivity contribution in [2.45, 2.75) is 53.4 Å². The lowest BCUT2D eigenvalue weighted by Crippen LogP contribution is -2.33. The molecule has 0 spiro atoms. The number of nitrogens with one attached hydrogen (secondary N) is 1. The van der Waals surface area contributed by atoms with Gasteiger partial charge in [0.05, 0.1) is 5.75 Å². The van der Waals surface area contributed by atoms with Crippen LogP contribution in [0.2, 0.25) is 0 Å². The van der Waals surface area contributed by atoms with E-state index in [1.54, 1.807) is 6.92 Å². The second-order valence-corrected chi connectivity index (χ2v) is 8.01. The van der Waals surface area contributed by atoms with E-state index in [9.17, 15) is 8.42 Å². The van der Waals surface area contributed by atoms with Crippen LogP contribution in [-0.2, 0) is 9.84 Å².